The molecule has 0 N–H and O–H groups in total. The highest BCUT2D eigenvalue weighted by Gasteiger charge is 2.19. The first-order valence-corrected chi connectivity index (χ1v) is 13.3. The largest absolute Gasteiger partial charge is 0.462 e. The molecular formula is C33H26O7. The molecular weight excluding hydrogens is 508 g/mol. The Morgan fingerprint density at radius 3 is 2.12 bits per heavy atom. The number of carbonyl (C=O) groups is 2. The molecule has 0 radical (unpaired) electrons. The summed E-state index contributed by atoms with van der Waals surface area (Å²) in [5, 5.41) is 0.805. The van der Waals surface area contributed by atoms with Crippen LogP contribution in [0.15, 0.2) is 94.1 Å². The van der Waals surface area contributed by atoms with Gasteiger partial charge in [-0.25, -0.2) is 9.59 Å². The Balaban J connectivity index is 0.951. The minimum Gasteiger partial charge on any atom is -0.462 e. The summed E-state index contributed by atoms with van der Waals surface area (Å²) in [6.45, 7) is 0.501. The maximum atomic E-state index is 12.8. The average Bonchev–Trinajstić information content (AvgIpc) is 2.99. The summed E-state index contributed by atoms with van der Waals surface area (Å²) in [6, 6.07) is 24.9. The van der Waals surface area contributed by atoms with Crippen LogP contribution >= 0.6 is 0 Å². The molecule has 0 unspecified atom stereocenters. The third kappa shape index (κ3) is 5.18. The number of fused-ring (bicyclic) bond motifs is 4. The highest BCUT2D eigenvalue weighted by molar-refractivity contribution is 5.96. The van der Waals surface area contributed by atoms with Gasteiger partial charge in [-0.2, -0.15) is 0 Å². The second kappa shape index (κ2) is 11.1. The van der Waals surface area contributed by atoms with E-state index in [2.05, 4.69) is 0 Å². The van der Waals surface area contributed by atoms with Crippen molar-refractivity contribution in [2.24, 2.45) is 0 Å². The number of hydrogen-bond acceptors (Lipinski definition) is 7. The molecule has 7 nitrogen and oxygen atoms in total. The molecule has 1 aromatic heterocycles. The summed E-state index contributed by atoms with van der Waals surface area (Å²) >= 11 is 0. The van der Waals surface area contributed by atoms with Gasteiger partial charge in [0.1, 0.15) is 22.7 Å². The van der Waals surface area contributed by atoms with Crippen LogP contribution in [0, 0.1) is 0 Å². The molecule has 6 rings (SSSR count). The number of hydrogen-bond donors (Lipinski definition) is 0. The standard InChI is InChI=1S/C33H26O7/c34-31-25-9-3-5-11-29(25)40-30-15-13-23(20-26(30)31)33(36)38-17-7-1-6-16-37-32(35)22-12-14-28-24(19-22)18-21-8-2-4-10-27(21)39-28/h2-5,8-15,19-20H,1,6-7,16-18H2. The van der Waals surface area contributed by atoms with Crippen LogP contribution in [0.25, 0.3) is 21.9 Å². The molecule has 2 heterocycles. The topological polar surface area (TPSA) is 92.0 Å². The van der Waals surface area contributed by atoms with Gasteiger partial charge in [-0.05, 0) is 79.4 Å². The molecule has 5 aromatic rings. The number of carbonyl (C=O) groups excluding carboxylic acids is 2. The zero-order valence-corrected chi connectivity index (χ0v) is 21.7. The van der Waals surface area contributed by atoms with Crippen LogP contribution in [-0.2, 0) is 15.9 Å². The maximum absolute atomic E-state index is 12.8. The van der Waals surface area contributed by atoms with Crippen molar-refractivity contribution in [3.8, 4) is 11.5 Å². The summed E-state index contributed by atoms with van der Waals surface area (Å²) in [5.41, 5.74) is 3.57. The van der Waals surface area contributed by atoms with Gasteiger partial charge in [0.15, 0.2) is 0 Å². The van der Waals surface area contributed by atoms with E-state index in [1.54, 1.807) is 48.5 Å². The molecule has 1 aliphatic heterocycles. The van der Waals surface area contributed by atoms with Gasteiger partial charge >= 0.3 is 11.9 Å². The number of unbranched alkanes of at least 4 members (excludes halogenated alkanes) is 2. The molecule has 0 spiro atoms. The zero-order chi connectivity index (χ0) is 27.5. The monoisotopic (exact) mass is 534 g/mol. The lowest BCUT2D eigenvalue weighted by Crippen LogP contribution is -2.10. The number of ether oxygens (including phenoxy) is 3. The minimum absolute atomic E-state index is 0.185. The van der Waals surface area contributed by atoms with Crippen molar-refractivity contribution in [1.29, 1.82) is 0 Å². The molecule has 0 atom stereocenters. The summed E-state index contributed by atoms with van der Waals surface area (Å²) < 4.78 is 22.5. The average molecular weight is 535 g/mol. The van der Waals surface area contributed by atoms with E-state index >= 15 is 0 Å². The van der Waals surface area contributed by atoms with Gasteiger partial charge in [0.2, 0.25) is 5.43 Å². The van der Waals surface area contributed by atoms with Crippen LogP contribution in [0.1, 0.15) is 51.1 Å². The van der Waals surface area contributed by atoms with Gasteiger partial charge < -0.3 is 18.6 Å². The molecule has 7 heteroatoms. The van der Waals surface area contributed by atoms with E-state index in [9.17, 15) is 14.4 Å². The molecule has 40 heavy (non-hydrogen) atoms. The third-order valence-corrected chi connectivity index (χ3v) is 6.94. The number of rotatable bonds is 8. The summed E-state index contributed by atoms with van der Waals surface area (Å²) in [5.74, 6) is 0.724. The lowest BCUT2D eigenvalue weighted by atomic mass is 9.98. The zero-order valence-electron chi connectivity index (χ0n) is 21.7. The van der Waals surface area contributed by atoms with Gasteiger partial charge in [-0.1, -0.05) is 30.3 Å². The first-order valence-electron chi connectivity index (χ1n) is 13.3. The predicted octanol–water partition coefficient (Wildman–Crippen LogP) is 6.83. The molecule has 0 amide bonds. The Hall–Kier alpha value is -4.91. The van der Waals surface area contributed by atoms with E-state index in [0.29, 0.717) is 52.3 Å². The van der Waals surface area contributed by atoms with Crippen LogP contribution < -0.4 is 10.2 Å². The molecule has 0 fully saturated rings. The van der Waals surface area contributed by atoms with E-state index < -0.39 is 5.97 Å². The molecule has 0 bridgehead atoms. The molecule has 0 saturated heterocycles. The van der Waals surface area contributed by atoms with E-state index in [-0.39, 0.29) is 24.6 Å². The van der Waals surface area contributed by atoms with E-state index in [0.717, 1.165) is 29.0 Å². The summed E-state index contributed by atoms with van der Waals surface area (Å²) in [4.78, 5) is 37.9. The highest BCUT2D eigenvalue weighted by atomic mass is 16.5. The van der Waals surface area contributed by atoms with Gasteiger partial charge in [-0.15, -0.1) is 0 Å². The second-order valence-electron chi connectivity index (χ2n) is 9.68. The molecule has 0 aliphatic carbocycles. The third-order valence-electron chi connectivity index (χ3n) is 6.94. The van der Waals surface area contributed by atoms with Crippen molar-refractivity contribution in [2.75, 3.05) is 13.2 Å². The first kappa shape index (κ1) is 25.4. The van der Waals surface area contributed by atoms with Crippen molar-refractivity contribution in [3.63, 3.8) is 0 Å². The molecule has 0 saturated carbocycles. The number of para-hydroxylation sites is 2. The first-order chi connectivity index (χ1) is 19.6. The smallest absolute Gasteiger partial charge is 0.338 e. The summed E-state index contributed by atoms with van der Waals surface area (Å²) in [6.07, 6.45) is 2.70. The second-order valence-corrected chi connectivity index (χ2v) is 9.68. The van der Waals surface area contributed by atoms with E-state index in [1.165, 1.54) is 6.07 Å². The fraction of sp³-hybridized carbons (Fsp3) is 0.182. The van der Waals surface area contributed by atoms with E-state index in [4.69, 9.17) is 18.6 Å². The Morgan fingerprint density at radius 1 is 0.650 bits per heavy atom. The van der Waals surface area contributed by atoms with Gasteiger partial charge in [-0.3, -0.25) is 4.79 Å². The normalized spacial score (nSPS) is 11.9. The lowest BCUT2D eigenvalue weighted by molar-refractivity contribution is 0.0478. The predicted molar refractivity (Wildman–Crippen MR) is 150 cm³/mol. The Morgan fingerprint density at radius 2 is 1.30 bits per heavy atom. The Bertz CT molecular complexity index is 1800. The molecule has 1 aliphatic rings. The van der Waals surface area contributed by atoms with Gasteiger partial charge in [0.05, 0.1) is 35.1 Å². The van der Waals surface area contributed by atoms with Crippen LogP contribution in [-0.4, -0.2) is 25.2 Å². The Labute approximate surface area is 229 Å². The fourth-order valence-corrected chi connectivity index (χ4v) is 4.82. The lowest BCUT2D eigenvalue weighted by Gasteiger charge is -2.20. The van der Waals surface area contributed by atoms with Crippen molar-refractivity contribution < 1.29 is 28.2 Å². The maximum Gasteiger partial charge on any atom is 0.338 e. The van der Waals surface area contributed by atoms with Crippen molar-refractivity contribution in [1.82, 2.24) is 0 Å². The van der Waals surface area contributed by atoms with Gasteiger partial charge in [0.25, 0.3) is 0 Å². The SMILES string of the molecule is O=C(OCCCCCOC(=O)c1ccc2oc3ccccc3c(=O)c2c1)c1ccc2c(c1)Cc1ccccc1O2. The molecule has 4 aromatic carbocycles. The molecule has 200 valence electrons. The minimum atomic E-state index is -0.500. The van der Waals surface area contributed by atoms with Crippen LogP contribution in [0.2, 0.25) is 0 Å². The van der Waals surface area contributed by atoms with Crippen LogP contribution in [0.5, 0.6) is 11.5 Å². The quantitative estimate of drug-likeness (QED) is 0.120. The van der Waals surface area contributed by atoms with Crippen molar-refractivity contribution >= 4 is 33.9 Å². The Kier molecular flexibility index (Phi) is 7.02. The van der Waals surface area contributed by atoms with Crippen molar-refractivity contribution in [2.45, 2.75) is 25.7 Å². The fourth-order valence-electron chi connectivity index (χ4n) is 4.82. The van der Waals surface area contributed by atoms with Gasteiger partial charge in [0, 0.05) is 12.0 Å². The van der Waals surface area contributed by atoms with E-state index in [1.807, 2.05) is 30.3 Å². The van der Waals surface area contributed by atoms with Crippen LogP contribution in [0.4, 0.5) is 0 Å². The highest BCUT2D eigenvalue weighted by Crippen LogP contribution is 2.36. The van der Waals surface area contributed by atoms with Crippen molar-refractivity contribution in [3.05, 3.63) is 117 Å². The summed E-state index contributed by atoms with van der Waals surface area (Å²) in [7, 11) is 0. The number of esters is 2. The van der Waals surface area contributed by atoms with Crippen LogP contribution in [0.3, 0.4) is 0 Å². The number of benzene rings is 4.